The van der Waals surface area contributed by atoms with Gasteiger partial charge in [-0.15, -0.1) is 6.58 Å². The molecule has 0 spiro atoms. The Labute approximate surface area is 431 Å². The zero-order valence-corrected chi connectivity index (χ0v) is 46.6. The number of esters is 1. The molecule has 0 amide bonds. The monoisotopic (exact) mass is 973 g/mol. The van der Waals surface area contributed by atoms with E-state index in [0.717, 1.165) is 109 Å². The number of likely N-dealkylation sites (tertiary alicyclic amines) is 1. The number of rotatable bonds is 49. The molecule has 1 aliphatic rings. The molecule has 7 nitrogen and oxygen atoms in total. The summed E-state index contributed by atoms with van der Waals surface area (Å²) in [7, 11) is 3.99. The maximum absolute atomic E-state index is 12.7. The second kappa shape index (κ2) is 52.5. The van der Waals surface area contributed by atoms with E-state index < -0.39 is 0 Å². The standard InChI is InChI=1S/C44H82N2O5.C17H34.CH4/c1-6-8-10-12-15-21-27-43(28-22-16-13-11-9-7-2)51-44(49)29-23-17-14-18-25-35-50-38-41-36-40(30-31-42(48)32-34-45(4)5)37-46(41)33-24-19-20-26-39(3)47;1-4-7-9-11-12-14-16-17(6-3)15-13-10-8-5-2;/h30-31,40-41,43H,6-29,32-38H2,1-5H3;6,17H,3-5,7-16H2,1-2H3;1H4/b31-30+;;/t40-,41-;;/m0../s1. The van der Waals surface area contributed by atoms with E-state index in [0.29, 0.717) is 31.2 Å². The minimum atomic E-state index is 0. The van der Waals surface area contributed by atoms with Gasteiger partial charge in [0.15, 0.2) is 5.78 Å². The maximum atomic E-state index is 12.7. The van der Waals surface area contributed by atoms with Gasteiger partial charge in [0, 0.05) is 45.0 Å². The first-order valence-corrected chi connectivity index (χ1v) is 29.6. The van der Waals surface area contributed by atoms with Crippen molar-refractivity contribution in [2.75, 3.05) is 46.9 Å². The third kappa shape index (κ3) is 47.0. The molecule has 0 aromatic rings. The molecule has 0 saturated carbocycles. The van der Waals surface area contributed by atoms with E-state index in [1.165, 1.54) is 154 Å². The molecular weight excluding hydrogens is 853 g/mol. The molecule has 7 heteroatoms. The van der Waals surface area contributed by atoms with Gasteiger partial charge in [0.05, 0.1) is 6.61 Å². The van der Waals surface area contributed by atoms with E-state index in [-0.39, 0.29) is 31.1 Å². The minimum absolute atomic E-state index is 0. The Morgan fingerprint density at radius 1 is 0.609 bits per heavy atom. The first-order valence-electron chi connectivity index (χ1n) is 29.6. The summed E-state index contributed by atoms with van der Waals surface area (Å²) in [6, 6.07) is 0.376. The second-order valence-corrected chi connectivity index (χ2v) is 21.3. The number of hydrogen-bond donors (Lipinski definition) is 0. The normalized spacial score (nSPS) is 15.4. The number of nitrogens with zero attached hydrogens (tertiary/aromatic N) is 2. The summed E-state index contributed by atoms with van der Waals surface area (Å²) in [5.41, 5.74) is 0. The van der Waals surface area contributed by atoms with Gasteiger partial charge in [-0.2, -0.15) is 0 Å². The minimum Gasteiger partial charge on any atom is -0.462 e. The van der Waals surface area contributed by atoms with Crippen molar-refractivity contribution in [3.05, 3.63) is 24.8 Å². The lowest BCUT2D eigenvalue weighted by Gasteiger charge is -2.24. The van der Waals surface area contributed by atoms with Crippen LogP contribution >= 0.6 is 0 Å². The molecule has 1 heterocycles. The summed E-state index contributed by atoms with van der Waals surface area (Å²) in [6.07, 6.45) is 51.6. The molecule has 69 heavy (non-hydrogen) atoms. The highest BCUT2D eigenvalue weighted by molar-refractivity contribution is 5.89. The molecule has 408 valence electrons. The van der Waals surface area contributed by atoms with Crippen LogP contribution in [0.2, 0.25) is 0 Å². The second-order valence-electron chi connectivity index (χ2n) is 21.3. The Hall–Kier alpha value is -1.83. The van der Waals surface area contributed by atoms with Crippen LogP contribution in [0.5, 0.6) is 0 Å². The van der Waals surface area contributed by atoms with Gasteiger partial charge >= 0.3 is 5.97 Å². The van der Waals surface area contributed by atoms with Crippen LogP contribution in [0.1, 0.15) is 286 Å². The fraction of sp³-hybridized carbons (Fsp3) is 0.887. The van der Waals surface area contributed by atoms with E-state index in [1.54, 1.807) is 13.0 Å². The van der Waals surface area contributed by atoms with Crippen molar-refractivity contribution >= 4 is 17.5 Å². The molecule has 0 bridgehead atoms. The Morgan fingerprint density at radius 3 is 1.59 bits per heavy atom. The summed E-state index contributed by atoms with van der Waals surface area (Å²) < 4.78 is 12.2. The van der Waals surface area contributed by atoms with Gasteiger partial charge in [-0.1, -0.05) is 201 Å². The number of allylic oxidation sites excluding steroid dienone is 2. The van der Waals surface area contributed by atoms with Gasteiger partial charge in [0.2, 0.25) is 0 Å². The number of carbonyl (C=O) groups is 3. The predicted molar refractivity (Wildman–Crippen MR) is 301 cm³/mol. The number of unbranched alkanes of at least 4 members (excludes halogenated alkanes) is 24. The van der Waals surface area contributed by atoms with Crippen molar-refractivity contribution in [3.63, 3.8) is 0 Å². The van der Waals surface area contributed by atoms with Crippen molar-refractivity contribution in [1.82, 2.24) is 9.80 Å². The summed E-state index contributed by atoms with van der Waals surface area (Å²) in [5, 5.41) is 0. The Balaban J connectivity index is 0. The Bertz CT molecular complexity index is 1160. The lowest BCUT2D eigenvalue weighted by Crippen LogP contribution is -2.34. The van der Waals surface area contributed by atoms with Crippen molar-refractivity contribution < 1.29 is 23.9 Å². The molecule has 0 aliphatic carbocycles. The van der Waals surface area contributed by atoms with E-state index in [4.69, 9.17) is 9.47 Å². The maximum Gasteiger partial charge on any atom is 0.306 e. The molecule has 3 atom stereocenters. The van der Waals surface area contributed by atoms with Crippen LogP contribution in [0, 0.1) is 11.8 Å². The number of hydrogen-bond acceptors (Lipinski definition) is 7. The van der Waals surface area contributed by atoms with Crippen molar-refractivity contribution in [3.8, 4) is 0 Å². The Morgan fingerprint density at radius 2 is 1.07 bits per heavy atom. The largest absolute Gasteiger partial charge is 0.462 e. The van der Waals surface area contributed by atoms with Gasteiger partial charge < -0.3 is 19.2 Å². The lowest BCUT2D eigenvalue weighted by molar-refractivity contribution is -0.150. The molecule has 0 radical (unpaired) electrons. The molecule has 0 aromatic carbocycles. The van der Waals surface area contributed by atoms with Crippen molar-refractivity contribution in [2.45, 2.75) is 298 Å². The number of ether oxygens (including phenoxy) is 2. The van der Waals surface area contributed by atoms with Gasteiger partial charge in [-0.05, 0) is 116 Å². The first kappa shape index (κ1) is 69.2. The Kier molecular flexibility index (Phi) is 52.7. The van der Waals surface area contributed by atoms with Crippen LogP contribution in [0.3, 0.4) is 0 Å². The van der Waals surface area contributed by atoms with Crippen molar-refractivity contribution in [1.29, 1.82) is 0 Å². The number of ketones is 2. The number of Topliss-reactive ketones (excluding diaryl/α,β-unsaturated/α-hetero) is 1. The molecule has 1 aliphatic heterocycles. The van der Waals surface area contributed by atoms with Crippen molar-refractivity contribution in [2.24, 2.45) is 11.8 Å². The average Bonchev–Trinajstić information content (AvgIpc) is 3.71. The molecule has 0 aromatic heterocycles. The molecule has 1 fully saturated rings. The predicted octanol–water partition coefficient (Wildman–Crippen LogP) is 17.8. The fourth-order valence-electron chi connectivity index (χ4n) is 9.57. The summed E-state index contributed by atoms with van der Waals surface area (Å²) in [5.74, 6) is 1.65. The summed E-state index contributed by atoms with van der Waals surface area (Å²) in [6.45, 7) is 19.0. The topological polar surface area (TPSA) is 76.2 Å². The van der Waals surface area contributed by atoms with E-state index in [9.17, 15) is 14.4 Å². The zero-order valence-electron chi connectivity index (χ0n) is 46.6. The quantitative estimate of drug-likeness (QED) is 0.0260. The smallest absolute Gasteiger partial charge is 0.306 e. The SMILES string of the molecule is C.C=CC(CCCCCC)CCCCCCCC.CCCCCCCCC(CCCCCCCC)OC(=O)CCCCCCCOC[C@@H]1C[C@H](/C=C/C(=O)CCN(C)C)CN1CCCCCC(C)=O. The highest BCUT2D eigenvalue weighted by atomic mass is 16.5. The summed E-state index contributed by atoms with van der Waals surface area (Å²) in [4.78, 5) is 40.9. The first-order chi connectivity index (χ1) is 33.1. The van der Waals surface area contributed by atoms with Crippen LogP contribution in [-0.2, 0) is 23.9 Å². The van der Waals surface area contributed by atoms with E-state index >= 15 is 0 Å². The van der Waals surface area contributed by atoms with Crippen LogP contribution in [0.4, 0.5) is 0 Å². The fourth-order valence-corrected chi connectivity index (χ4v) is 9.57. The average molecular weight is 974 g/mol. The highest BCUT2D eigenvalue weighted by Crippen LogP contribution is 2.26. The molecular formula is C62H120N2O5. The number of carbonyl (C=O) groups excluding carboxylic acids is 3. The molecule has 1 saturated heterocycles. The molecule has 1 rings (SSSR count). The molecule has 1 unspecified atom stereocenters. The zero-order chi connectivity index (χ0) is 50.1. The highest BCUT2D eigenvalue weighted by Gasteiger charge is 2.30. The van der Waals surface area contributed by atoms with E-state index in [1.807, 2.05) is 19.0 Å². The van der Waals surface area contributed by atoms with E-state index in [2.05, 4.69) is 51.3 Å². The molecule has 0 N–H and O–H groups in total. The lowest BCUT2D eigenvalue weighted by atomic mass is 9.94. The third-order valence-corrected chi connectivity index (χ3v) is 14.1. The van der Waals surface area contributed by atoms with Gasteiger partial charge in [-0.3, -0.25) is 14.5 Å². The van der Waals surface area contributed by atoms with Crippen LogP contribution in [0.25, 0.3) is 0 Å². The summed E-state index contributed by atoms with van der Waals surface area (Å²) >= 11 is 0. The van der Waals surface area contributed by atoms with Crippen LogP contribution in [-0.4, -0.2) is 86.4 Å². The van der Waals surface area contributed by atoms with Gasteiger partial charge in [0.25, 0.3) is 0 Å². The van der Waals surface area contributed by atoms with Gasteiger partial charge in [0.1, 0.15) is 11.9 Å². The van der Waals surface area contributed by atoms with Crippen LogP contribution in [0.15, 0.2) is 24.8 Å². The third-order valence-electron chi connectivity index (χ3n) is 14.1. The van der Waals surface area contributed by atoms with Crippen LogP contribution < -0.4 is 0 Å². The van der Waals surface area contributed by atoms with Gasteiger partial charge in [-0.25, -0.2) is 0 Å².